The first-order valence-corrected chi connectivity index (χ1v) is 8.51. The maximum absolute atomic E-state index is 5.98. The Morgan fingerprint density at radius 3 is 2.63 bits per heavy atom. The van der Waals surface area contributed by atoms with Crippen molar-refractivity contribution in [3.63, 3.8) is 0 Å². The van der Waals surface area contributed by atoms with Crippen molar-refractivity contribution in [3.05, 3.63) is 24.4 Å². The van der Waals surface area contributed by atoms with E-state index in [0.717, 1.165) is 12.8 Å². The molecular weight excluding hydrogens is 342 g/mol. The molecule has 0 saturated heterocycles. The van der Waals surface area contributed by atoms with Crippen LogP contribution in [0.4, 0.5) is 5.95 Å². The molecule has 4 rings (SSSR count). The summed E-state index contributed by atoms with van der Waals surface area (Å²) >= 11 is 0. The van der Waals surface area contributed by atoms with Crippen molar-refractivity contribution in [2.75, 3.05) is 5.32 Å². The summed E-state index contributed by atoms with van der Waals surface area (Å²) in [6, 6.07) is 5.78. The molecule has 1 N–H and O–H groups in total. The quantitative estimate of drug-likeness (QED) is 0.654. The van der Waals surface area contributed by atoms with Crippen LogP contribution in [0.1, 0.15) is 26.7 Å². The van der Waals surface area contributed by atoms with E-state index in [-0.39, 0.29) is 0 Å². The Morgan fingerprint density at radius 1 is 1.22 bits per heavy atom. The van der Waals surface area contributed by atoms with Crippen LogP contribution in [0.25, 0.3) is 22.6 Å². The van der Waals surface area contributed by atoms with Gasteiger partial charge in [0.05, 0.1) is 6.20 Å². The van der Waals surface area contributed by atoms with Gasteiger partial charge < -0.3 is 9.97 Å². The van der Waals surface area contributed by atoms with Crippen LogP contribution in [0.5, 0.6) is 5.75 Å². The van der Waals surface area contributed by atoms with E-state index in [1.54, 1.807) is 32.2 Å². The van der Waals surface area contributed by atoms with Gasteiger partial charge in [0.1, 0.15) is 19.3 Å². The van der Waals surface area contributed by atoms with Gasteiger partial charge in [-0.25, -0.2) is 4.98 Å². The van der Waals surface area contributed by atoms with Crippen LogP contribution in [-0.2, 0) is 5.44 Å². The summed E-state index contributed by atoms with van der Waals surface area (Å²) in [4.78, 5) is 5.64. The van der Waals surface area contributed by atoms with Crippen molar-refractivity contribution in [1.82, 2.24) is 35.4 Å². The van der Waals surface area contributed by atoms with E-state index in [1.807, 2.05) is 6.07 Å². The molecule has 1 aromatic carbocycles. The molecule has 1 fully saturated rings. The van der Waals surface area contributed by atoms with Gasteiger partial charge in [-0.15, -0.1) is 20.4 Å². The summed E-state index contributed by atoms with van der Waals surface area (Å²) in [6.45, 7) is 3.56. The second kappa shape index (κ2) is 6.64. The highest BCUT2D eigenvalue weighted by molar-refractivity contribution is 6.12. The topological polar surface area (TPSA) is 104 Å². The maximum Gasteiger partial charge on any atom is 0.374 e. The van der Waals surface area contributed by atoms with Gasteiger partial charge in [0.15, 0.2) is 0 Å². The smallest absolute Gasteiger partial charge is 0.374 e. The summed E-state index contributed by atoms with van der Waals surface area (Å²) in [5, 5.41) is 23.8. The lowest BCUT2D eigenvalue weighted by Crippen LogP contribution is -2.28. The van der Waals surface area contributed by atoms with Gasteiger partial charge in [-0.2, -0.15) is 4.80 Å². The molecule has 11 heteroatoms. The van der Waals surface area contributed by atoms with Crippen LogP contribution in [0.2, 0.25) is 0 Å². The third-order valence-corrected chi connectivity index (χ3v) is 4.04. The molecule has 2 heterocycles. The second-order valence-corrected chi connectivity index (χ2v) is 6.97. The molecule has 0 bridgehead atoms. The van der Waals surface area contributed by atoms with E-state index in [2.05, 4.69) is 35.9 Å². The Labute approximate surface area is 158 Å². The molecule has 1 saturated carbocycles. The Bertz CT molecular complexity index is 950. The number of aromatic nitrogens is 7. The molecule has 0 atom stereocenters. The Hall–Kier alpha value is -2.97. The minimum atomic E-state index is -0.754. The van der Waals surface area contributed by atoms with Gasteiger partial charge in [-0.3, -0.25) is 0 Å². The number of anilines is 1. The van der Waals surface area contributed by atoms with Crippen LogP contribution in [0, 0.1) is 0 Å². The third kappa shape index (κ3) is 3.76. The first kappa shape index (κ1) is 17.4. The minimum absolute atomic E-state index is 0.398. The largest absolute Gasteiger partial charge is 0.567 e. The summed E-state index contributed by atoms with van der Waals surface area (Å²) in [5.41, 5.74) is 1.13. The Balaban J connectivity index is 1.62. The summed E-state index contributed by atoms with van der Waals surface area (Å²) in [6.07, 6.45) is 3.90. The highest BCUT2D eigenvalue weighted by atomic mass is 16.4. The van der Waals surface area contributed by atoms with Gasteiger partial charge in [0, 0.05) is 22.6 Å². The fourth-order valence-corrected chi connectivity index (χ4v) is 2.42. The van der Waals surface area contributed by atoms with Gasteiger partial charge in [0.2, 0.25) is 11.8 Å². The van der Waals surface area contributed by atoms with Crippen LogP contribution in [0.3, 0.4) is 0 Å². The molecule has 132 valence electrons. The molecule has 2 aromatic heterocycles. The molecule has 0 unspecified atom stereocenters. The summed E-state index contributed by atoms with van der Waals surface area (Å²) < 4.78 is 5.02. The van der Waals surface area contributed by atoms with Crippen molar-refractivity contribution in [2.24, 2.45) is 0 Å². The van der Waals surface area contributed by atoms with Crippen LogP contribution >= 0.6 is 0 Å². The monoisotopic (exact) mass is 358 g/mol. The fraction of sp³-hybridized carbons (Fsp3) is 0.375. The predicted molar refractivity (Wildman–Crippen MR) is 100 cm³/mol. The summed E-state index contributed by atoms with van der Waals surface area (Å²) in [5.74, 6) is 1.32. The number of benzene rings is 1. The van der Waals surface area contributed by atoms with Crippen molar-refractivity contribution in [3.8, 4) is 28.4 Å². The zero-order valence-electron chi connectivity index (χ0n) is 15.0. The van der Waals surface area contributed by atoms with Gasteiger partial charge in [-0.05, 0) is 44.0 Å². The molecule has 27 heavy (non-hydrogen) atoms. The third-order valence-electron chi connectivity index (χ3n) is 4.04. The van der Waals surface area contributed by atoms with Crippen molar-refractivity contribution in [1.29, 1.82) is 0 Å². The zero-order valence-corrected chi connectivity index (χ0v) is 15.0. The van der Waals surface area contributed by atoms with Crippen molar-refractivity contribution >= 4 is 21.8 Å². The number of rotatable bonds is 6. The van der Waals surface area contributed by atoms with Gasteiger partial charge in [-0.1, -0.05) is 6.07 Å². The average Bonchev–Trinajstić information content (AvgIpc) is 3.31. The van der Waals surface area contributed by atoms with Gasteiger partial charge in [0.25, 0.3) is 0 Å². The molecule has 1 aliphatic carbocycles. The number of hydrogen-bond acceptors (Lipinski definition) is 8. The molecule has 0 amide bonds. The van der Waals surface area contributed by atoms with Crippen molar-refractivity contribution in [2.45, 2.75) is 38.2 Å². The molecule has 9 nitrogen and oxygen atoms in total. The highest BCUT2D eigenvalue weighted by Crippen LogP contribution is 2.32. The van der Waals surface area contributed by atoms with E-state index < -0.39 is 5.44 Å². The molecule has 1 aliphatic rings. The predicted octanol–water partition coefficient (Wildman–Crippen LogP) is 1.09. The van der Waals surface area contributed by atoms with E-state index in [4.69, 9.17) is 20.5 Å². The van der Waals surface area contributed by atoms with E-state index in [9.17, 15) is 0 Å². The fourth-order valence-electron chi connectivity index (χ4n) is 2.42. The maximum atomic E-state index is 5.98. The number of nitrogens with zero attached hydrogens (tertiary/aromatic N) is 7. The normalized spacial score (nSPS) is 14.1. The zero-order chi connectivity index (χ0) is 19.0. The standard InChI is InChI=1S/C16H16B2N8O/c1-16(2,17)26-24-14(22-25-26)9-3-6-11(13(7-9)27-18)12-8-19-15(23-21-12)20-10-4-5-10/h3,6-8,10H,4-5H2,1-2H3,(H,19,20,23). The summed E-state index contributed by atoms with van der Waals surface area (Å²) in [7, 11) is 11.4. The number of tetrazole rings is 1. The van der Waals surface area contributed by atoms with Crippen molar-refractivity contribution < 1.29 is 4.65 Å². The van der Waals surface area contributed by atoms with E-state index in [0.29, 0.717) is 40.4 Å². The molecular formula is C16H16B2N8O. The highest BCUT2D eigenvalue weighted by Gasteiger charge is 2.22. The van der Waals surface area contributed by atoms with E-state index >= 15 is 0 Å². The average molecular weight is 358 g/mol. The van der Waals surface area contributed by atoms with Crippen LogP contribution in [-0.4, -0.2) is 57.3 Å². The molecule has 0 aliphatic heterocycles. The lowest BCUT2D eigenvalue weighted by molar-refractivity contribution is 0.399. The molecule has 0 spiro atoms. The minimum Gasteiger partial charge on any atom is -0.567 e. The Kier molecular flexibility index (Phi) is 4.29. The van der Waals surface area contributed by atoms with Gasteiger partial charge >= 0.3 is 8.05 Å². The first-order chi connectivity index (χ1) is 12.9. The van der Waals surface area contributed by atoms with Crippen LogP contribution in [0.15, 0.2) is 24.4 Å². The SMILES string of the molecule is [B]Oc1cc(-c2nnn(C([B])(C)C)n2)ccc1-c1cnc(NC2CC2)nn1. The number of hydrogen-bond donors (Lipinski definition) is 1. The van der Waals surface area contributed by atoms with E-state index in [1.165, 1.54) is 4.80 Å². The first-order valence-electron chi connectivity index (χ1n) is 8.51. The lowest BCUT2D eigenvalue weighted by Gasteiger charge is -2.15. The van der Waals surface area contributed by atoms with Crippen LogP contribution < -0.4 is 9.97 Å². The second-order valence-electron chi connectivity index (χ2n) is 6.97. The molecule has 4 radical (unpaired) electrons. The lowest BCUT2D eigenvalue weighted by atomic mass is 9.83. The Morgan fingerprint density at radius 2 is 2.04 bits per heavy atom. The molecule has 3 aromatic rings. The number of nitrogens with one attached hydrogen (secondary N) is 1.